The average molecular weight is 278 g/mol. The van der Waals surface area contributed by atoms with Crippen LogP contribution >= 0.6 is 0 Å². The highest BCUT2D eigenvalue weighted by atomic mass is 16.3. The number of nitrogens with zero attached hydrogens (tertiary/aromatic N) is 1. The van der Waals surface area contributed by atoms with Crippen LogP contribution in [0.25, 0.3) is 0 Å². The Morgan fingerprint density at radius 3 is 2.45 bits per heavy atom. The van der Waals surface area contributed by atoms with Crippen LogP contribution in [0.15, 0.2) is 24.3 Å². The van der Waals surface area contributed by atoms with Crippen molar-refractivity contribution >= 4 is 6.03 Å². The molecule has 0 saturated carbocycles. The van der Waals surface area contributed by atoms with Crippen molar-refractivity contribution in [3.05, 3.63) is 35.4 Å². The van der Waals surface area contributed by atoms with E-state index in [4.69, 9.17) is 0 Å². The average Bonchev–Trinajstić information content (AvgIpc) is 2.45. The topological polar surface area (TPSA) is 52.6 Å². The predicted molar refractivity (Wildman–Crippen MR) is 81.9 cm³/mol. The molecule has 1 aromatic rings. The van der Waals surface area contributed by atoms with E-state index in [9.17, 15) is 9.90 Å². The molecule has 0 saturated heterocycles. The molecule has 112 valence electrons. The van der Waals surface area contributed by atoms with Crippen LogP contribution in [0.3, 0.4) is 0 Å². The van der Waals surface area contributed by atoms with Crippen LogP contribution in [0.1, 0.15) is 31.4 Å². The van der Waals surface area contributed by atoms with Crippen LogP contribution in [0.2, 0.25) is 0 Å². The van der Waals surface area contributed by atoms with Crippen molar-refractivity contribution in [1.29, 1.82) is 0 Å². The Bertz CT molecular complexity index is 401. The summed E-state index contributed by atoms with van der Waals surface area (Å²) in [5.41, 5.74) is 2.56. The van der Waals surface area contributed by atoms with Crippen LogP contribution in [-0.4, -0.2) is 42.3 Å². The molecule has 1 atom stereocenters. The second kappa shape index (κ2) is 8.59. The first-order valence-corrected chi connectivity index (χ1v) is 7.27. The lowest BCUT2D eigenvalue weighted by atomic mass is 10.1. The maximum absolute atomic E-state index is 11.8. The highest BCUT2D eigenvalue weighted by Gasteiger charge is 2.08. The smallest absolute Gasteiger partial charge is 0.317 e. The lowest BCUT2D eigenvalue weighted by Crippen LogP contribution is -2.39. The number of carbonyl (C=O) groups is 1. The second-order valence-corrected chi connectivity index (χ2v) is 5.21. The van der Waals surface area contributed by atoms with Gasteiger partial charge in [-0.05, 0) is 37.3 Å². The summed E-state index contributed by atoms with van der Waals surface area (Å²) in [6, 6.07) is 8.40. The van der Waals surface area contributed by atoms with Crippen LogP contribution in [0, 0.1) is 0 Å². The van der Waals surface area contributed by atoms with Gasteiger partial charge in [-0.2, -0.15) is 0 Å². The quantitative estimate of drug-likeness (QED) is 0.803. The minimum absolute atomic E-state index is 0.0872. The lowest BCUT2D eigenvalue weighted by Gasteiger charge is -2.18. The number of amides is 2. The number of hydrogen-bond acceptors (Lipinski definition) is 2. The number of urea groups is 1. The largest absolute Gasteiger partial charge is 0.393 e. The first-order chi connectivity index (χ1) is 9.52. The van der Waals surface area contributed by atoms with E-state index in [1.807, 2.05) is 0 Å². The fourth-order valence-corrected chi connectivity index (χ4v) is 1.87. The summed E-state index contributed by atoms with van der Waals surface area (Å²) in [5.74, 6) is 0. The fraction of sp³-hybridized carbons (Fsp3) is 0.562. The zero-order valence-electron chi connectivity index (χ0n) is 12.7. The maximum atomic E-state index is 11.8. The van der Waals surface area contributed by atoms with Crippen LogP contribution in [0.4, 0.5) is 4.79 Å². The van der Waals surface area contributed by atoms with Gasteiger partial charge < -0.3 is 15.3 Å². The van der Waals surface area contributed by atoms with Crippen molar-refractivity contribution in [2.75, 3.05) is 20.1 Å². The normalized spacial score (nSPS) is 12.0. The summed E-state index contributed by atoms with van der Waals surface area (Å²) >= 11 is 0. The van der Waals surface area contributed by atoms with Gasteiger partial charge in [0.05, 0.1) is 6.10 Å². The van der Waals surface area contributed by atoms with Gasteiger partial charge in [0.25, 0.3) is 0 Å². The molecule has 20 heavy (non-hydrogen) atoms. The zero-order chi connectivity index (χ0) is 15.0. The molecule has 4 nitrogen and oxygen atoms in total. The van der Waals surface area contributed by atoms with Crippen molar-refractivity contribution in [3.63, 3.8) is 0 Å². The Labute approximate surface area is 121 Å². The number of benzene rings is 1. The van der Waals surface area contributed by atoms with Crippen molar-refractivity contribution in [2.45, 2.75) is 39.2 Å². The van der Waals surface area contributed by atoms with Gasteiger partial charge in [-0.1, -0.05) is 31.2 Å². The number of carbonyl (C=O) groups excluding carboxylic acids is 1. The molecule has 1 aromatic carbocycles. The molecule has 0 spiro atoms. The van der Waals surface area contributed by atoms with Gasteiger partial charge in [-0.25, -0.2) is 4.79 Å². The summed E-state index contributed by atoms with van der Waals surface area (Å²) in [5, 5.41) is 12.1. The summed E-state index contributed by atoms with van der Waals surface area (Å²) in [6.07, 6.45) is 2.11. The van der Waals surface area contributed by atoms with E-state index in [1.54, 1.807) is 18.9 Å². The molecule has 0 aliphatic rings. The summed E-state index contributed by atoms with van der Waals surface area (Å²) < 4.78 is 0. The van der Waals surface area contributed by atoms with Gasteiger partial charge >= 0.3 is 6.03 Å². The number of aliphatic hydroxyl groups excluding tert-OH is 1. The highest BCUT2D eigenvalue weighted by Crippen LogP contribution is 2.05. The molecule has 1 unspecified atom stereocenters. The molecule has 0 aromatic heterocycles. The summed E-state index contributed by atoms with van der Waals surface area (Å²) in [6.45, 7) is 5.06. The van der Waals surface area contributed by atoms with E-state index >= 15 is 0 Å². The zero-order valence-corrected chi connectivity index (χ0v) is 12.7. The van der Waals surface area contributed by atoms with Crippen molar-refractivity contribution < 1.29 is 9.90 Å². The molecule has 1 rings (SSSR count). The van der Waals surface area contributed by atoms with E-state index < -0.39 is 0 Å². The molecule has 0 aliphatic heterocycles. The second-order valence-electron chi connectivity index (χ2n) is 5.21. The Morgan fingerprint density at radius 1 is 1.30 bits per heavy atom. The monoisotopic (exact) mass is 278 g/mol. The fourth-order valence-electron chi connectivity index (χ4n) is 1.87. The molecule has 2 amide bonds. The predicted octanol–water partition coefficient (Wildman–Crippen LogP) is 2.20. The maximum Gasteiger partial charge on any atom is 0.317 e. The van der Waals surface area contributed by atoms with Gasteiger partial charge in [0.15, 0.2) is 0 Å². The van der Waals surface area contributed by atoms with E-state index in [-0.39, 0.29) is 12.1 Å². The van der Waals surface area contributed by atoms with Gasteiger partial charge in [-0.3, -0.25) is 0 Å². The highest BCUT2D eigenvalue weighted by molar-refractivity contribution is 5.73. The number of hydrogen-bond donors (Lipinski definition) is 2. The molecular formula is C16H26N2O2. The Morgan fingerprint density at radius 2 is 1.90 bits per heavy atom. The third kappa shape index (κ3) is 6.06. The molecule has 4 heteroatoms. The molecule has 0 fully saturated rings. The number of aliphatic hydroxyl groups is 1. The number of rotatable bonds is 7. The number of aryl methyl sites for hydroxylation is 1. The van der Waals surface area contributed by atoms with E-state index in [0.717, 1.165) is 12.8 Å². The van der Waals surface area contributed by atoms with Gasteiger partial charge in [-0.15, -0.1) is 0 Å². The first kappa shape index (κ1) is 16.5. The van der Waals surface area contributed by atoms with Crippen molar-refractivity contribution in [3.8, 4) is 0 Å². The third-order valence-electron chi connectivity index (χ3n) is 3.35. The molecular weight excluding hydrogens is 252 g/mol. The van der Waals surface area contributed by atoms with Crippen LogP contribution < -0.4 is 5.32 Å². The van der Waals surface area contributed by atoms with Gasteiger partial charge in [0, 0.05) is 20.1 Å². The SMILES string of the molecule is CCc1ccc(CCNC(=O)N(C)CCC(C)O)cc1. The van der Waals surface area contributed by atoms with Crippen molar-refractivity contribution in [1.82, 2.24) is 10.2 Å². The third-order valence-corrected chi connectivity index (χ3v) is 3.35. The van der Waals surface area contributed by atoms with E-state index in [2.05, 4.69) is 36.5 Å². The summed E-state index contributed by atoms with van der Waals surface area (Å²) in [4.78, 5) is 13.4. The Kier molecular flexibility index (Phi) is 7.09. The van der Waals surface area contributed by atoms with Crippen LogP contribution in [0.5, 0.6) is 0 Å². The minimum Gasteiger partial charge on any atom is -0.393 e. The van der Waals surface area contributed by atoms with E-state index in [0.29, 0.717) is 19.5 Å². The Hall–Kier alpha value is -1.55. The number of nitrogens with one attached hydrogen (secondary N) is 1. The molecule has 0 heterocycles. The standard InChI is InChI=1S/C16H26N2O2/c1-4-14-5-7-15(8-6-14)9-11-17-16(20)18(3)12-10-13(2)19/h5-8,13,19H,4,9-12H2,1-3H3,(H,17,20). The minimum atomic E-state index is -0.373. The van der Waals surface area contributed by atoms with Crippen LogP contribution in [-0.2, 0) is 12.8 Å². The molecule has 0 radical (unpaired) electrons. The van der Waals surface area contributed by atoms with Crippen molar-refractivity contribution in [2.24, 2.45) is 0 Å². The summed E-state index contributed by atoms with van der Waals surface area (Å²) in [7, 11) is 1.74. The molecule has 0 aliphatic carbocycles. The first-order valence-electron chi connectivity index (χ1n) is 7.27. The van der Waals surface area contributed by atoms with Gasteiger partial charge in [0.1, 0.15) is 0 Å². The molecule has 2 N–H and O–H groups in total. The Balaban J connectivity index is 2.26. The van der Waals surface area contributed by atoms with Gasteiger partial charge in [0.2, 0.25) is 0 Å². The molecule has 0 bridgehead atoms. The lowest BCUT2D eigenvalue weighted by molar-refractivity contribution is 0.163. The van der Waals surface area contributed by atoms with E-state index in [1.165, 1.54) is 11.1 Å².